The average molecular weight is 497 g/mol. The molecule has 8 heteroatoms. The van der Waals surface area contributed by atoms with Crippen LogP contribution in [0.5, 0.6) is 11.5 Å². The number of nitriles is 1. The fourth-order valence-electron chi connectivity index (χ4n) is 4.91. The second-order valence-electron chi connectivity index (χ2n) is 10.3. The molecule has 0 aliphatic carbocycles. The van der Waals surface area contributed by atoms with Crippen molar-refractivity contribution in [3.63, 3.8) is 0 Å². The molecule has 0 unspecified atom stereocenters. The van der Waals surface area contributed by atoms with Gasteiger partial charge in [-0.05, 0) is 76.8 Å². The van der Waals surface area contributed by atoms with E-state index in [9.17, 15) is 14.9 Å². The molecule has 7 nitrogen and oxygen atoms in total. The second-order valence-corrected chi connectivity index (χ2v) is 10.7. The molecule has 1 fully saturated rings. The Hall–Kier alpha value is -3.08. The van der Waals surface area contributed by atoms with E-state index in [1.165, 1.54) is 0 Å². The van der Waals surface area contributed by atoms with Gasteiger partial charge in [0.2, 0.25) is 5.91 Å². The summed E-state index contributed by atoms with van der Waals surface area (Å²) in [6.45, 7) is 8.55. The lowest BCUT2D eigenvalue weighted by molar-refractivity contribution is -0.120. The predicted octanol–water partition coefficient (Wildman–Crippen LogP) is 4.72. The summed E-state index contributed by atoms with van der Waals surface area (Å²) in [6.07, 6.45) is 2.33. The third-order valence-electron chi connectivity index (χ3n) is 6.06. The molecule has 1 saturated heterocycles. The number of piperidine rings is 1. The minimum absolute atomic E-state index is 0.0409. The highest BCUT2D eigenvalue weighted by atomic mass is 35.5. The van der Waals surface area contributed by atoms with Crippen molar-refractivity contribution in [1.82, 2.24) is 16.0 Å². The number of nitrogens with zero attached hydrogens (tertiary/aromatic N) is 1. The van der Waals surface area contributed by atoms with Crippen LogP contribution < -0.4 is 20.7 Å². The first-order chi connectivity index (χ1) is 16.4. The standard InChI is InChI=1S/C27H33ClN4O3/c1-26(2)14-19(15-27(3,4)32-26)31-25(34)18-9-11-23(21(28)13-18)35-22-8-6-7-17(20(22)16-29)10-12-24(33)30-5/h6-9,11,13,19,32H,10,12,14-15H2,1-5H3,(H,30,33)(H,31,34). The molecule has 3 N–H and O–H groups in total. The fraction of sp³-hybridized carbons (Fsp3) is 0.444. The van der Waals surface area contributed by atoms with Gasteiger partial charge in [-0.1, -0.05) is 23.7 Å². The number of amides is 2. The van der Waals surface area contributed by atoms with Crippen molar-refractivity contribution in [3.8, 4) is 17.6 Å². The largest absolute Gasteiger partial charge is 0.454 e. The van der Waals surface area contributed by atoms with Gasteiger partial charge < -0.3 is 20.7 Å². The topological polar surface area (TPSA) is 103 Å². The first kappa shape index (κ1) is 26.5. The van der Waals surface area contributed by atoms with Crippen LogP contribution in [-0.4, -0.2) is 36.0 Å². The van der Waals surface area contributed by atoms with Crippen LogP contribution in [0.4, 0.5) is 0 Å². The van der Waals surface area contributed by atoms with E-state index in [1.807, 2.05) is 0 Å². The van der Waals surface area contributed by atoms with Crippen LogP contribution in [0, 0.1) is 11.3 Å². The number of rotatable bonds is 7. The molecule has 2 aromatic carbocycles. The molecular formula is C27H33ClN4O3. The van der Waals surface area contributed by atoms with Crippen molar-refractivity contribution in [3.05, 3.63) is 58.1 Å². The SMILES string of the molecule is CNC(=O)CCc1cccc(Oc2ccc(C(=O)NC3CC(C)(C)NC(C)(C)C3)cc2Cl)c1C#N. The Kier molecular flexibility index (Phi) is 8.09. The van der Waals surface area contributed by atoms with Gasteiger partial charge in [-0.25, -0.2) is 0 Å². The van der Waals surface area contributed by atoms with Crippen molar-refractivity contribution >= 4 is 23.4 Å². The Labute approximate surface area is 212 Å². The normalized spacial score (nSPS) is 16.7. The zero-order valence-electron chi connectivity index (χ0n) is 20.9. The van der Waals surface area contributed by atoms with E-state index in [-0.39, 0.29) is 40.4 Å². The predicted molar refractivity (Wildman–Crippen MR) is 137 cm³/mol. The van der Waals surface area contributed by atoms with Crippen LogP contribution >= 0.6 is 11.6 Å². The number of carbonyl (C=O) groups is 2. The lowest BCUT2D eigenvalue weighted by atomic mass is 9.79. The highest BCUT2D eigenvalue weighted by Crippen LogP contribution is 2.34. The van der Waals surface area contributed by atoms with Crippen LogP contribution in [0.15, 0.2) is 36.4 Å². The molecule has 0 bridgehead atoms. The highest BCUT2D eigenvalue weighted by Gasteiger charge is 2.38. The first-order valence-corrected chi connectivity index (χ1v) is 12.1. The summed E-state index contributed by atoms with van der Waals surface area (Å²) >= 11 is 6.46. The van der Waals surface area contributed by atoms with Crippen LogP contribution in [-0.2, 0) is 11.2 Å². The molecule has 0 saturated carbocycles. The van der Waals surface area contributed by atoms with Gasteiger partial charge in [0.15, 0.2) is 0 Å². The van der Waals surface area contributed by atoms with Gasteiger partial charge in [0.1, 0.15) is 17.6 Å². The molecule has 0 aromatic heterocycles. The third-order valence-corrected chi connectivity index (χ3v) is 6.36. The smallest absolute Gasteiger partial charge is 0.251 e. The second kappa shape index (κ2) is 10.7. The molecule has 1 aliphatic heterocycles. The molecule has 2 aromatic rings. The quantitative estimate of drug-likeness (QED) is 0.514. The third kappa shape index (κ3) is 6.97. The molecule has 0 atom stereocenters. The monoisotopic (exact) mass is 496 g/mol. The van der Waals surface area contributed by atoms with Gasteiger partial charge in [0.05, 0.1) is 10.6 Å². The van der Waals surface area contributed by atoms with E-state index in [4.69, 9.17) is 16.3 Å². The molecule has 3 rings (SSSR count). The highest BCUT2D eigenvalue weighted by molar-refractivity contribution is 6.32. The van der Waals surface area contributed by atoms with Crippen LogP contribution in [0.2, 0.25) is 5.02 Å². The number of halogens is 1. The van der Waals surface area contributed by atoms with E-state index in [2.05, 4.69) is 49.7 Å². The number of carbonyl (C=O) groups excluding carboxylic acids is 2. The van der Waals surface area contributed by atoms with E-state index in [0.29, 0.717) is 34.6 Å². The molecule has 0 radical (unpaired) electrons. The molecule has 1 heterocycles. The maximum atomic E-state index is 12.9. The van der Waals surface area contributed by atoms with Gasteiger partial charge in [-0.3, -0.25) is 9.59 Å². The van der Waals surface area contributed by atoms with E-state index < -0.39 is 0 Å². The minimum atomic E-state index is -0.189. The van der Waals surface area contributed by atoms with E-state index >= 15 is 0 Å². The number of ether oxygens (including phenoxy) is 1. The molecule has 35 heavy (non-hydrogen) atoms. The van der Waals surface area contributed by atoms with Gasteiger partial charge in [-0.15, -0.1) is 0 Å². The van der Waals surface area contributed by atoms with Crippen LogP contribution in [0.1, 0.15) is 68.4 Å². The van der Waals surface area contributed by atoms with Crippen molar-refractivity contribution in [2.75, 3.05) is 7.05 Å². The van der Waals surface area contributed by atoms with Crippen molar-refractivity contribution in [2.24, 2.45) is 0 Å². The molecular weight excluding hydrogens is 464 g/mol. The molecule has 1 aliphatic rings. The maximum Gasteiger partial charge on any atom is 0.251 e. The number of hydrogen-bond acceptors (Lipinski definition) is 5. The molecule has 2 amide bonds. The summed E-state index contributed by atoms with van der Waals surface area (Å²) in [5.74, 6) is 0.395. The van der Waals surface area contributed by atoms with Crippen molar-refractivity contribution < 1.29 is 14.3 Å². The lowest BCUT2D eigenvalue weighted by Crippen LogP contribution is -2.62. The van der Waals surface area contributed by atoms with Gasteiger partial charge >= 0.3 is 0 Å². The number of aryl methyl sites for hydroxylation is 1. The van der Waals surface area contributed by atoms with Crippen LogP contribution in [0.3, 0.4) is 0 Å². The summed E-state index contributed by atoms with van der Waals surface area (Å²) in [4.78, 5) is 24.5. The fourth-order valence-corrected chi connectivity index (χ4v) is 5.13. The Morgan fingerprint density at radius 2 is 1.83 bits per heavy atom. The van der Waals surface area contributed by atoms with Gasteiger partial charge in [-0.2, -0.15) is 5.26 Å². The zero-order chi connectivity index (χ0) is 25.8. The molecule has 0 spiro atoms. The summed E-state index contributed by atoms with van der Waals surface area (Å²) in [5, 5.41) is 19.3. The Bertz CT molecular complexity index is 1140. The van der Waals surface area contributed by atoms with Crippen LogP contribution in [0.25, 0.3) is 0 Å². The summed E-state index contributed by atoms with van der Waals surface area (Å²) < 4.78 is 5.95. The Morgan fingerprint density at radius 1 is 1.14 bits per heavy atom. The zero-order valence-corrected chi connectivity index (χ0v) is 21.7. The minimum Gasteiger partial charge on any atom is -0.454 e. The summed E-state index contributed by atoms with van der Waals surface area (Å²) in [6, 6.07) is 12.3. The van der Waals surface area contributed by atoms with Crippen molar-refractivity contribution in [1.29, 1.82) is 5.26 Å². The lowest BCUT2D eigenvalue weighted by Gasteiger charge is -2.46. The van der Waals surface area contributed by atoms with E-state index in [0.717, 1.165) is 12.8 Å². The van der Waals surface area contributed by atoms with Gasteiger partial charge in [0, 0.05) is 36.2 Å². The first-order valence-electron chi connectivity index (χ1n) is 11.7. The summed E-state index contributed by atoms with van der Waals surface area (Å²) in [5.41, 5.74) is 1.35. The van der Waals surface area contributed by atoms with Crippen molar-refractivity contribution in [2.45, 2.75) is 70.5 Å². The van der Waals surface area contributed by atoms with Gasteiger partial charge in [0.25, 0.3) is 5.91 Å². The Morgan fingerprint density at radius 3 is 2.43 bits per heavy atom. The molecule has 186 valence electrons. The average Bonchev–Trinajstić information content (AvgIpc) is 2.76. The van der Waals surface area contributed by atoms with E-state index in [1.54, 1.807) is 43.4 Å². The summed E-state index contributed by atoms with van der Waals surface area (Å²) in [7, 11) is 1.58. The number of hydrogen-bond donors (Lipinski definition) is 3. The number of nitrogens with one attached hydrogen (secondary N) is 3. The Balaban J connectivity index is 1.74. The number of benzene rings is 2. The maximum absolute atomic E-state index is 12.9.